The van der Waals surface area contributed by atoms with Crippen LogP contribution in [0.1, 0.15) is 10.5 Å². The van der Waals surface area contributed by atoms with Gasteiger partial charge in [-0.2, -0.15) is 0 Å². The number of rotatable bonds is 4. The number of carbonyl (C=O) groups excluding carboxylic acids is 1. The summed E-state index contributed by atoms with van der Waals surface area (Å²) in [5.41, 5.74) is 1.45. The molecule has 1 amide bonds. The zero-order chi connectivity index (χ0) is 14.0. The molecule has 0 fully saturated rings. The first-order valence-electron chi connectivity index (χ1n) is 5.92. The molecule has 0 saturated carbocycles. The van der Waals surface area contributed by atoms with Crippen LogP contribution in [-0.4, -0.2) is 30.6 Å². The Hall–Kier alpha value is -1.23. The molecule has 102 valence electrons. The average molecular weight is 300 g/mol. The van der Waals surface area contributed by atoms with E-state index in [1.807, 2.05) is 24.7 Å². The SMILES string of the molecule is CNCCNC(=O)c1cc2c(Cl)c(Cl)ccc2n1C. The topological polar surface area (TPSA) is 46.1 Å². The molecule has 19 heavy (non-hydrogen) atoms. The minimum atomic E-state index is -0.124. The van der Waals surface area contributed by atoms with Gasteiger partial charge in [-0.3, -0.25) is 4.79 Å². The summed E-state index contributed by atoms with van der Waals surface area (Å²) in [7, 11) is 3.67. The zero-order valence-corrected chi connectivity index (χ0v) is 12.3. The summed E-state index contributed by atoms with van der Waals surface area (Å²) in [6.45, 7) is 1.30. The molecule has 1 aromatic carbocycles. The van der Waals surface area contributed by atoms with Crippen LogP contribution in [0, 0.1) is 0 Å². The second-order valence-electron chi connectivity index (χ2n) is 4.24. The van der Waals surface area contributed by atoms with Crippen molar-refractivity contribution < 1.29 is 4.79 Å². The number of hydrogen-bond acceptors (Lipinski definition) is 2. The molecule has 2 rings (SSSR count). The highest BCUT2D eigenvalue weighted by Crippen LogP contribution is 2.32. The van der Waals surface area contributed by atoms with Gasteiger partial charge < -0.3 is 15.2 Å². The Morgan fingerprint density at radius 1 is 1.32 bits per heavy atom. The first-order chi connectivity index (χ1) is 9.06. The van der Waals surface area contributed by atoms with E-state index in [4.69, 9.17) is 23.2 Å². The Kier molecular flexibility index (Phi) is 4.34. The lowest BCUT2D eigenvalue weighted by Gasteiger charge is -2.06. The largest absolute Gasteiger partial charge is 0.349 e. The quantitative estimate of drug-likeness (QED) is 0.852. The number of carbonyl (C=O) groups is 1. The van der Waals surface area contributed by atoms with Crippen molar-refractivity contribution in [1.82, 2.24) is 15.2 Å². The number of aryl methyl sites for hydroxylation is 1. The third kappa shape index (κ3) is 2.71. The highest BCUT2D eigenvalue weighted by Gasteiger charge is 2.15. The fraction of sp³-hybridized carbons (Fsp3) is 0.308. The normalized spacial score (nSPS) is 10.9. The number of likely N-dealkylation sites (N-methyl/N-ethyl adjacent to an activating group) is 1. The highest BCUT2D eigenvalue weighted by molar-refractivity contribution is 6.45. The molecule has 0 unspecified atom stereocenters. The maximum absolute atomic E-state index is 12.1. The second kappa shape index (κ2) is 5.82. The summed E-state index contributed by atoms with van der Waals surface area (Å²) < 4.78 is 1.81. The number of benzene rings is 1. The van der Waals surface area contributed by atoms with E-state index in [1.165, 1.54) is 0 Å². The first kappa shape index (κ1) is 14.2. The lowest BCUT2D eigenvalue weighted by molar-refractivity contribution is 0.0946. The van der Waals surface area contributed by atoms with Gasteiger partial charge >= 0.3 is 0 Å². The molecule has 0 atom stereocenters. The molecule has 0 spiro atoms. The lowest BCUT2D eigenvalue weighted by atomic mass is 10.2. The van der Waals surface area contributed by atoms with Gasteiger partial charge in [-0.25, -0.2) is 0 Å². The second-order valence-corrected chi connectivity index (χ2v) is 5.03. The minimum Gasteiger partial charge on any atom is -0.349 e. The number of nitrogens with one attached hydrogen (secondary N) is 2. The average Bonchev–Trinajstić information content (AvgIpc) is 2.72. The van der Waals surface area contributed by atoms with E-state index in [9.17, 15) is 4.79 Å². The van der Waals surface area contributed by atoms with E-state index in [2.05, 4.69) is 10.6 Å². The zero-order valence-electron chi connectivity index (χ0n) is 10.8. The molecule has 2 aromatic rings. The molecule has 0 radical (unpaired) electrons. The summed E-state index contributed by atoms with van der Waals surface area (Å²) in [6.07, 6.45) is 0. The van der Waals surface area contributed by atoms with E-state index in [1.54, 1.807) is 12.1 Å². The summed E-state index contributed by atoms with van der Waals surface area (Å²) in [4.78, 5) is 12.1. The minimum absolute atomic E-state index is 0.124. The van der Waals surface area contributed by atoms with Crippen LogP contribution in [0.3, 0.4) is 0 Å². The van der Waals surface area contributed by atoms with Gasteiger partial charge in [0.05, 0.1) is 10.0 Å². The van der Waals surface area contributed by atoms with Crippen LogP contribution >= 0.6 is 23.2 Å². The van der Waals surface area contributed by atoms with Crippen LogP contribution in [0.4, 0.5) is 0 Å². The van der Waals surface area contributed by atoms with Crippen molar-refractivity contribution in [2.45, 2.75) is 0 Å². The van der Waals surface area contributed by atoms with Crippen molar-refractivity contribution in [3.63, 3.8) is 0 Å². The van der Waals surface area contributed by atoms with Gasteiger partial charge in [0.25, 0.3) is 5.91 Å². The van der Waals surface area contributed by atoms with Crippen LogP contribution < -0.4 is 10.6 Å². The van der Waals surface area contributed by atoms with E-state index in [0.29, 0.717) is 22.3 Å². The molecule has 0 saturated heterocycles. The lowest BCUT2D eigenvalue weighted by Crippen LogP contribution is -2.31. The predicted molar refractivity (Wildman–Crippen MR) is 79.2 cm³/mol. The number of hydrogen-bond donors (Lipinski definition) is 2. The molecule has 0 aliphatic heterocycles. The standard InChI is InChI=1S/C13H15Cl2N3O/c1-16-5-6-17-13(19)11-7-8-10(18(11)2)4-3-9(14)12(8)15/h3-4,7,16H,5-6H2,1-2H3,(H,17,19). The number of halogens is 2. The van der Waals surface area contributed by atoms with Gasteiger partial charge in [-0.05, 0) is 25.2 Å². The number of nitrogens with zero attached hydrogens (tertiary/aromatic N) is 1. The van der Waals surface area contributed by atoms with Crippen molar-refractivity contribution in [1.29, 1.82) is 0 Å². The maximum atomic E-state index is 12.1. The molecule has 0 bridgehead atoms. The Morgan fingerprint density at radius 2 is 2.05 bits per heavy atom. The summed E-state index contributed by atoms with van der Waals surface area (Å²) in [6, 6.07) is 5.35. The molecule has 1 aromatic heterocycles. The fourth-order valence-corrected chi connectivity index (χ4v) is 2.34. The van der Waals surface area contributed by atoms with Gasteiger partial charge in [0.1, 0.15) is 5.69 Å². The van der Waals surface area contributed by atoms with Gasteiger partial charge in [-0.1, -0.05) is 23.2 Å². The van der Waals surface area contributed by atoms with Crippen LogP contribution in [0.15, 0.2) is 18.2 Å². The molecule has 0 aliphatic rings. The van der Waals surface area contributed by atoms with Crippen molar-refractivity contribution in [2.24, 2.45) is 7.05 Å². The van der Waals surface area contributed by atoms with Gasteiger partial charge in [0, 0.05) is 31.0 Å². The monoisotopic (exact) mass is 299 g/mol. The van der Waals surface area contributed by atoms with Gasteiger partial charge in [-0.15, -0.1) is 0 Å². The van der Waals surface area contributed by atoms with Crippen molar-refractivity contribution in [2.75, 3.05) is 20.1 Å². The van der Waals surface area contributed by atoms with Gasteiger partial charge in [0.2, 0.25) is 0 Å². The predicted octanol–water partition coefficient (Wildman–Crippen LogP) is 2.43. The number of aromatic nitrogens is 1. The first-order valence-corrected chi connectivity index (χ1v) is 6.68. The van der Waals surface area contributed by atoms with Crippen LogP contribution in [0.2, 0.25) is 10.0 Å². The van der Waals surface area contributed by atoms with Crippen LogP contribution in [0.5, 0.6) is 0 Å². The molecule has 4 nitrogen and oxygen atoms in total. The molecule has 0 aliphatic carbocycles. The smallest absolute Gasteiger partial charge is 0.267 e. The summed E-state index contributed by atoms with van der Waals surface area (Å²) in [5.74, 6) is -0.124. The Labute approximate surface area is 121 Å². The summed E-state index contributed by atoms with van der Waals surface area (Å²) >= 11 is 12.1. The molecular weight excluding hydrogens is 285 g/mol. The highest BCUT2D eigenvalue weighted by atomic mass is 35.5. The maximum Gasteiger partial charge on any atom is 0.267 e. The Bertz CT molecular complexity index is 622. The summed E-state index contributed by atoms with van der Waals surface area (Å²) in [5, 5.41) is 7.56. The molecule has 6 heteroatoms. The fourth-order valence-electron chi connectivity index (χ4n) is 1.96. The van der Waals surface area contributed by atoms with Gasteiger partial charge in [0.15, 0.2) is 0 Å². The third-order valence-corrected chi connectivity index (χ3v) is 3.83. The van der Waals surface area contributed by atoms with Crippen LogP contribution in [-0.2, 0) is 7.05 Å². The molecular formula is C13H15Cl2N3O. The van der Waals surface area contributed by atoms with E-state index < -0.39 is 0 Å². The Balaban J connectivity index is 2.37. The van der Waals surface area contributed by atoms with E-state index in [-0.39, 0.29) is 5.91 Å². The number of fused-ring (bicyclic) bond motifs is 1. The number of amides is 1. The van der Waals surface area contributed by atoms with Crippen LogP contribution in [0.25, 0.3) is 10.9 Å². The van der Waals surface area contributed by atoms with Crippen molar-refractivity contribution >= 4 is 40.0 Å². The van der Waals surface area contributed by atoms with E-state index >= 15 is 0 Å². The Morgan fingerprint density at radius 3 is 2.74 bits per heavy atom. The molecule has 1 heterocycles. The van der Waals surface area contributed by atoms with Crippen molar-refractivity contribution in [3.8, 4) is 0 Å². The molecule has 2 N–H and O–H groups in total. The van der Waals surface area contributed by atoms with Crippen molar-refractivity contribution in [3.05, 3.63) is 33.9 Å². The van der Waals surface area contributed by atoms with E-state index in [0.717, 1.165) is 17.4 Å². The third-order valence-electron chi connectivity index (χ3n) is 3.01.